The van der Waals surface area contributed by atoms with Crippen LogP contribution >= 0.6 is 11.8 Å². The molecule has 1 aromatic heterocycles. The molecule has 0 unspecified atom stereocenters. The molecule has 1 heterocycles. The highest BCUT2D eigenvalue weighted by Crippen LogP contribution is 2.16. The highest BCUT2D eigenvalue weighted by molar-refractivity contribution is 7.98. The number of aromatic nitrogens is 1. The fraction of sp³-hybridized carbons (Fsp3) is 0.333. The van der Waals surface area contributed by atoms with Crippen LogP contribution in [0.1, 0.15) is 10.4 Å². The van der Waals surface area contributed by atoms with Gasteiger partial charge in [-0.25, -0.2) is 4.79 Å². The minimum absolute atomic E-state index is 0.154. The molecule has 0 aliphatic rings. The molecule has 5 heteroatoms. The fourth-order valence-corrected chi connectivity index (χ4v) is 1.16. The second kappa shape index (κ2) is 5.49. The number of pyridine rings is 1. The predicted octanol–water partition coefficient (Wildman–Crippen LogP) is 1.52. The summed E-state index contributed by atoms with van der Waals surface area (Å²) in [6.07, 6.45) is 4.82. The van der Waals surface area contributed by atoms with Crippen LogP contribution in [0.2, 0.25) is 0 Å². The van der Waals surface area contributed by atoms with Gasteiger partial charge in [-0.15, -0.1) is 0 Å². The number of carbonyl (C=O) groups is 1. The molecular weight excluding hydrogens is 202 g/mol. The van der Waals surface area contributed by atoms with E-state index in [1.165, 1.54) is 18.5 Å². The van der Waals surface area contributed by atoms with E-state index in [-0.39, 0.29) is 5.56 Å². The van der Waals surface area contributed by atoms with Gasteiger partial charge in [-0.3, -0.25) is 4.98 Å². The van der Waals surface area contributed by atoms with Crippen molar-refractivity contribution in [3.8, 4) is 5.75 Å². The van der Waals surface area contributed by atoms with Crippen LogP contribution in [0.15, 0.2) is 18.5 Å². The largest absolute Gasteiger partial charge is 0.490 e. The summed E-state index contributed by atoms with van der Waals surface area (Å²) < 4.78 is 5.27. The van der Waals surface area contributed by atoms with Gasteiger partial charge in [0, 0.05) is 11.9 Å². The summed E-state index contributed by atoms with van der Waals surface area (Å²) in [5.41, 5.74) is 0.154. The number of hydrogen-bond donors (Lipinski definition) is 1. The summed E-state index contributed by atoms with van der Waals surface area (Å²) in [6.45, 7) is 0.493. The Morgan fingerprint density at radius 2 is 2.50 bits per heavy atom. The lowest BCUT2D eigenvalue weighted by Crippen LogP contribution is -2.06. The maximum Gasteiger partial charge on any atom is 0.339 e. The van der Waals surface area contributed by atoms with Gasteiger partial charge < -0.3 is 9.84 Å². The molecule has 14 heavy (non-hydrogen) atoms. The van der Waals surface area contributed by atoms with Gasteiger partial charge in [0.25, 0.3) is 0 Å². The molecule has 0 fully saturated rings. The van der Waals surface area contributed by atoms with E-state index in [1.807, 2.05) is 6.26 Å². The molecule has 1 N–H and O–H groups in total. The number of thioether (sulfide) groups is 1. The standard InChI is InChI=1S/C9H11NO3S/c1-14-5-4-13-8-6-10-3-2-7(8)9(11)12/h2-3,6H,4-5H2,1H3,(H,11,12). The van der Waals surface area contributed by atoms with Gasteiger partial charge in [-0.1, -0.05) is 0 Å². The molecule has 0 aliphatic carbocycles. The molecule has 76 valence electrons. The quantitative estimate of drug-likeness (QED) is 0.751. The number of carboxylic acids is 1. The third-order valence-corrected chi connectivity index (χ3v) is 2.13. The van der Waals surface area contributed by atoms with Crippen LogP contribution < -0.4 is 4.74 Å². The number of rotatable bonds is 5. The molecule has 0 aliphatic heterocycles. The smallest absolute Gasteiger partial charge is 0.339 e. The van der Waals surface area contributed by atoms with Crippen molar-refractivity contribution in [1.82, 2.24) is 4.98 Å². The second-order valence-corrected chi connectivity index (χ2v) is 3.50. The number of ether oxygens (including phenoxy) is 1. The fourth-order valence-electron chi connectivity index (χ4n) is 0.907. The SMILES string of the molecule is CSCCOc1cnccc1C(=O)O. The lowest BCUT2D eigenvalue weighted by molar-refractivity contribution is 0.0692. The average Bonchev–Trinajstić information content (AvgIpc) is 2.19. The van der Waals surface area contributed by atoms with Gasteiger partial charge in [0.15, 0.2) is 5.75 Å². The minimum Gasteiger partial charge on any atom is -0.490 e. The molecule has 0 aromatic carbocycles. The molecule has 0 bridgehead atoms. The van der Waals surface area contributed by atoms with E-state index >= 15 is 0 Å². The van der Waals surface area contributed by atoms with Crippen LogP contribution in [0.3, 0.4) is 0 Å². The van der Waals surface area contributed by atoms with Crippen LogP contribution in [0.5, 0.6) is 5.75 Å². The molecule has 0 spiro atoms. The Labute approximate surface area is 86.3 Å². The third-order valence-electron chi connectivity index (χ3n) is 1.56. The van der Waals surface area contributed by atoms with Gasteiger partial charge in [-0.05, 0) is 12.3 Å². The van der Waals surface area contributed by atoms with E-state index in [9.17, 15) is 4.79 Å². The van der Waals surface area contributed by atoms with Crippen LogP contribution in [0.25, 0.3) is 0 Å². The van der Waals surface area contributed by atoms with Crippen LogP contribution in [0.4, 0.5) is 0 Å². The zero-order valence-electron chi connectivity index (χ0n) is 7.77. The Kier molecular flexibility index (Phi) is 4.25. The zero-order chi connectivity index (χ0) is 10.4. The van der Waals surface area contributed by atoms with E-state index in [0.29, 0.717) is 12.4 Å². The summed E-state index contributed by atoms with van der Waals surface area (Å²) in [6, 6.07) is 1.43. The first-order chi connectivity index (χ1) is 6.75. The van der Waals surface area contributed by atoms with Gasteiger partial charge in [-0.2, -0.15) is 11.8 Å². The molecule has 0 saturated heterocycles. The number of hydrogen-bond acceptors (Lipinski definition) is 4. The minimum atomic E-state index is -0.994. The summed E-state index contributed by atoms with van der Waals surface area (Å²) >= 11 is 1.64. The van der Waals surface area contributed by atoms with E-state index in [0.717, 1.165) is 5.75 Å². The van der Waals surface area contributed by atoms with Crippen LogP contribution in [0, 0.1) is 0 Å². The van der Waals surface area contributed by atoms with Crippen molar-refractivity contribution in [3.05, 3.63) is 24.0 Å². The van der Waals surface area contributed by atoms with Crippen LogP contribution in [-0.2, 0) is 0 Å². The Bertz CT molecular complexity index is 317. The first-order valence-corrected chi connectivity index (χ1v) is 5.44. The Hall–Kier alpha value is -1.23. The Morgan fingerprint density at radius 1 is 1.71 bits per heavy atom. The van der Waals surface area contributed by atoms with E-state index < -0.39 is 5.97 Å². The first kappa shape index (κ1) is 10.8. The number of carboxylic acid groups (broad SMARTS) is 1. The van der Waals surface area contributed by atoms with E-state index in [1.54, 1.807) is 11.8 Å². The van der Waals surface area contributed by atoms with E-state index in [2.05, 4.69) is 4.98 Å². The molecule has 4 nitrogen and oxygen atoms in total. The topological polar surface area (TPSA) is 59.4 Å². The Morgan fingerprint density at radius 3 is 3.14 bits per heavy atom. The molecule has 0 atom stereocenters. The average molecular weight is 213 g/mol. The lowest BCUT2D eigenvalue weighted by atomic mass is 10.2. The van der Waals surface area contributed by atoms with Crippen molar-refractivity contribution in [2.75, 3.05) is 18.6 Å². The van der Waals surface area contributed by atoms with E-state index in [4.69, 9.17) is 9.84 Å². The lowest BCUT2D eigenvalue weighted by Gasteiger charge is -2.06. The molecule has 0 radical (unpaired) electrons. The zero-order valence-corrected chi connectivity index (χ0v) is 8.58. The summed E-state index contributed by atoms with van der Waals surface area (Å²) in [5, 5.41) is 8.81. The van der Waals surface area contributed by atoms with Crippen molar-refractivity contribution in [1.29, 1.82) is 0 Å². The highest BCUT2D eigenvalue weighted by atomic mass is 32.2. The van der Waals surface area contributed by atoms with Crippen molar-refractivity contribution >= 4 is 17.7 Å². The number of aromatic carboxylic acids is 1. The molecule has 1 rings (SSSR count). The second-order valence-electron chi connectivity index (χ2n) is 2.52. The maximum atomic E-state index is 10.7. The van der Waals surface area contributed by atoms with Crippen molar-refractivity contribution in [2.45, 2.75) is 0 Å². The monoisotopic (exact) mass is 213 g/mol. The third kappa shape index (κ3) is 2.92. The van der Waals surface area contributed by atoms with Gasteiger partial charge >= 0.3 is 5.97 Å². The summed E-state index contributed by atoms with van der Waals surface area (Å²) in [4.78, 5) is 14.6. The summed E-state index contributed by atoms with van der Waals surface area (Å²) in [7, 11) is 0. The first-order valence-electron chi connectivity index (χ1n) is 4.04. The Balaban J connectivity index is 2.69. The molecule has 0 saturated carbocycles. The molecular formula is C9H11NO3S. The van der Waals surface area contributed by atoms with Gasteiger partial charge in [0.2, 0.25) is 0 Å². The summed E-state index contributed by atoms with van der Waals surface area (Å²) in [5.74, 6) is 0.161. The van der Waals surface area contributed by atoms with Crippen molar-refractivity contribution in [3.63, 3.8) is 0 Å². The predicted molar refractivity (Wildman–Crippen MR) is 55.1 cm³/mol. The number of nitrogens with zero attached hydrogens (tertiary/aromatic N) is 1. The maximum absolute atomic E-state index is 10.7. The normalized spacial score (nSPS) is 9.79. The van der Waals surface area contributed by atoms with Crippen molar-refractivity contribution in [2.24, 2.45) is 0 Å². The molecule has 1 aromatic rings. The highest BCUT2D eigenvalue weighted by Gasteiger charge is 2.09. The van der Waals surface area contributed by atoms with Gasteiger partial charge in [0.05, 0.1) is 12.8 Å². The van der Waals surface area contributed by atoms with Crippen LogP contribution in [-0.4, -0.2) is 34.7 Å². The molecule has 0 amide bonds. The van der Waals surface area contributed by atoms with Crippen molar-refractivity contribution < 1.29 is 14.6 Å². The van der Waals surface area contributed by atoms with Gasteiger partial charge in [0.1, 0.15) is 5.56 Å².